The van der Waals surface area contributed by atoms with Crippen molar-refractivity contribution >= 4 is 5.78 Å². The Morgan fingerprint density at radius 1 is 1.37 bits per heavy atom. The Morgan fingerprint density at radius 3 is 2.47 bits per heavy atom. The Hall–Kier alpha value is -1.09. The minimum absolute atomic E-state index is 0.235. The molecule has 19 heavy (non-hydrogen) atoms. The first-order chi connectivity index (χ1) is 8.88. The molecule has 0 aromatic carbocycles. The molecule has 0 bridgehead atoms. The predicted molar refractivity (Wildman–Crippen MR) is 81.0 cm³/mol. The molecule has 3 heteroatoms. The normalized spacial score (nSPS) is 11.6. The van der Waals surface area contributed by atoms with Crippen LogP contribution in [0.1, 0.15) is 61.4 Å². The molecule has 1 aromatic heterocycles. The van der Waals surface area contributed by atoms with Crippen molar-refractivity contribution in [2.75, 3.05) is 20.1 Å². The number of unbranched alkanes of at least 4 members (excludes halogenated alkanes) is 1. The minimum Gasteiger partial charge on any atom is -0.346 e. The third-order valence-electron chi connectivity index (χ3n) is 3.61. The molecule has 1 rings (SSSR count). The number of carbonyl (C=O) groups excluding carboxylic acids is 1. The zero-order valence-electron chi connectivity index (χ0n) is 13.3. The van der Waals surface area contributed by atoms with Crippen LogP contribution in [0.5, 0.6) is 0 Å². The molecule has 0 aliphatic carbocycles. The Morgan fingerprint density at radius 2 is 2.00 bits per heavy atom. The van der Waals surface area contributed by atoms with Crippen molar-refractivity contribution in [3.63, 3.8) is 0 Å². The topological polar surface area (TPSA) is 25.2 Å². The van der Waals surface area contributed by atoms with Crippen molar-refractivity contribution < 1.29 is 4.79 Å². The summed E-state index contributed by atoms with van der Waals surface area (Å²) in [6.45, 7) is 12.1. The van der Waals surface area contributed by atoms with Gasteiger partial charge in [0.2, 0.25) is 0 Å². The zero-order valence-corrected chi connectivity index (χ0v) is 13.3. The van der Waals surface area contributed by atoms with Crippen molar-refractivity contribution in [2.45, 2.75) is 53.5 Å². The molecular formula is C16H28N2O. The van der Waals surface area contributed by atoms with Crippen LogP contribution in [-0.4, -0.2) is 35.4 Å². The van der Waals surface area contributed by atoms with Crippen molar-refractivity contribution in [2.24, 2.45) is 0 Å². The van der Waals surface area contributed by atoms with E-state index in [9.17, 15) is 4.79 Å². The van der Waals surface area contributed by atoms with Gasteiger partial charge < -0.3 is 4.57 Å². The van der Waals surface area contributed by atoms with Gasteiger partial charge >= 0.3 is 0 Å². The number of carbonyl (C=O) groups is 1. The fourth-order valence-electron chi connectivity index (χ4n) is 2.69. The predicted octanol–water partition coefficient (Wildman–Crippen LogP) is 3.60. The second kappa shape index (κ2) is 6.90. The highest BCUT2D eigenvalue weighted by Crippen LogP contribution is 2.20. The smallest absolute Gasteiger partial charge is 0.178 e. The van der Waals surface area contributed by atoms with Crippen molar-refractivity contribution in [1.29, 1.82) is 0 Å². The van der Waals surface area contributed by atoms with Crippen LogP contribution in [0.25, 0.3) is 0 Å². The maximum Gasteiger partial charge on any atom is 0.178 e. The highest BCUT2D eigenvalue weighted by molar-refractivity contribution is 5.99. The van der Waals surface area contributed by atoms with Gasteiger partial charge in [-0.15, -0.1) is 0 Å². The quantitative estimate of drug-likeness (QED) is 0.703. The van der Waals surface area contributed by atoms with Crippen molar-refractivity contribution in [3.8, 4) is 0 Å². The Balaban J connectivity index is 2.81. The van der Waals surface area contributed by atoms with Gasteiger partial charge in [-0.1, -0.05) is 13.3 Å². The number of aryl methyl sites for hydroxylation is 1. The number of hydrogen-bond acceptors (Lipinski definition) is 2. The Labute approximate surface area is 117 Å². The molecule has 0 spiro atoms. The van der Waals surface area contributed by atoms with Crippen LogP contribution in [0.2, 0.25) is 0 Å². The average molecular weight is 264 g/mol. The van der Waals surface area contributed by atoms with E-state index in [4.69, 9.17) is 0 Å². The maximum atomic E-state index is 12.4. The number of rotatable bonds is 7. The van der Waals surface area contributed by atoms with E-state index >= 15 is 0 Å². The average Bonchev–Trinajstić information content (AvgIpc) is 2.62. The van der Waals surface area contributed by atoms with E-state index in [1.54, 1.807) is 0 Å². The van der Waals surface area contributed by atoms with Crippen LogP contribution in [0.3, 0.4) is 0 Å². The van der Waals surface area contributed by atoms with Crippen LogP contribution in [0.15, 0.2) is 6.07 Å². The van der Waals surface area contributed by atoms with Gasteiger partial charge in [-0.05, 0) is 53.8 Å². The molecule has 1 aromatic rings. The monoisotopic (exact) mass is 264 g/mol. The molecule has 0 aliphatic rings. The molecule has 0 N–H and O–H groups in total. The molecule has 0 radical (unpaired) electrons. The standard InChI is InChI=1S/C16H28N2O/c1-7-8-9-17(6)11-16(19)15-10-13(4)18(12(2)3)14(15)5/h10,12H,7-9,11H2,1-6H3. The molecule has 0 saturated heterocycles. The summed E-state index contributed by atoms with van der Waals surface area (Å²) in [5, 5.41) is 0. The maximum absolute atomic E-state index is 12.4. The first kappa shape index (κ1) is 16.0. The number of hydrogen-bond donors (Lipinski definition) is 0. The number of Topliss-reactive ketones (excluding diaryl/α,β-unsaturated/α-hetero) is 1. The van der Waals surface area contributed by atoms with E-state index in [0.29, 0.717) is 12.6 Å². The summed E-state index contributed by atoms with van der Waals surface area (Å²) in [5.74, 6) is 0.235. The first-order valence-electron chi connectivity index (χ1n) is 7.28. The number of aromatic nitrogens is 1. The molecule has 0 atom stereocenters. The summed E-state index contributed by atoms with van der Waals surface area (Å²) in [6.07, 6.45) is 2.31. The van der Waals surface area contributed by atoms with E-state index in [2.05, 4.69) is 37.2 Å². The summed E-state index contributed by atoms with van der Waals surface area (Å²) >= 11 is 0. The van der Waals surface area contributed by atoms with Crippen molar-refractivity contribution in [1.82, 2.24) is 9.47 Å². The lowest BCUT2D eigenvalue weighted by atomic mass is 10.1. The minimum atomic E-state index is 0.235. The van der Waals surface area contributed by atoms with Crippen LogP contribution in [-0.2, 0) is 0 Å². The Bertz CT molecular complexity index is 432. The molecule has 1 heterocycles. The van der Waals surface area contributed by atoms with Crippen LogP contribution >= 0.6 is 0 Å². The van der Waals surface area contributed by atoms with E-state index in [1.165, 1.54) is 12.1 Å². The zero-order chi connectivity index (χ0) is 14.6. The number of ketones is 1. The highest BCUT2D eigenvalue weighted by atomic mass is 16.1. The lowest BCUT2D eigenvalue weighted by molar-refractivity contribution is 0.0945. The fraction of sp³-hybridized carbons (Fsp3) is 0.688. The summed E-state index contributed by atoms with van der Waals surface area (Å²) in [5.41, 5.74) is 3.16. The molecule has 0 unspecified atom stereocenters. The molecule has 108 valence electrons. The third-order valence-corrected chi connectivity index (χ3v) is 3.61. The number of likely N-dealkylation sites (N-methyl/N-ethyl adjacent to an activating group) is 1. The van der Waals surface area contributed by atoms with Gasteiger partial charge in [0.15, 0.2) is 5.78 Å². The van der Waals surface area contributed by atoms with Gasteiger partial charge in [-0.3, -0.25) is 9.69 Å². The van der Waals surface area contributed by atoms with E-state index in [0.717, 1.165) is 24.2 Å². The van der Waals surface area contributed by atoms with Gasteiger partial charge in [0, 0.05) is 23.0 Å². The lowest BCUT2D eigenvalue weighted by Crippen LogP contribution is -2.27. The second-order valence-corrected chi connectivity index (χ2v) is 5.76. The molecule has 0 amide bonds. The van der Waals surface area contributed by atoms with Gasteiger partial charge in [-0.25, -0.2) is 0 Å². The summed E-state index contributed by atoms with van der Waals surface area (Å²) in [4.78, 5) is 14.5. The van der Waals surface area contributed by atoms with Gasteiger partial charge in [0.05, 0.1) is 6.54 Å². The Kier molecular flexibility index (Phi) is 5.80. The van der Waals surface area contributed by atoms with Gasteiger partial charge in [-0.2, -0.15) is 0 Å². The molecule has 0 aliphatic heterocycles. The molecule has 0 saturated carbocycles. The summed E-state index contributed by atoms with van der Waals surface area (Å²) < 4.78 is 2.24. The number of nitrogens with zero attached hydrogens (tertiary/aromatic N) is 2. The largest absolute Gasteiger partial charge is 0.346 e. The summed E-state index contributed by atoms with van der Waals surface area (Å²) in [6, 6.07) is 2.44. The van der Waals surface area contributed by atoms with E-state index in [1.807, 2.05) is 20.0 Å². The van der Waals surface area contributed by atoms with Gasteiger partial charge in [0.1, 0.15) is 0 Å². The van der Waals surface area contributed by atoms with Gasteiger partial charge in [0.25, 0.3) is 0 Å². The lowest BCUT2D eigenvalue weighted by Gasteiger charge is -2.16. The molecule has 0 fully saturated rings. The third kappa shape index (κ3) is 3.93. The molecular weight excluding hydrogens is 236 g/mol. The van der Waals surface area contributed by atoms with Crippen LogP contribution < -0.4 is 0 Å². The second-order valence-electron chi connectivity index (χ2n) is 5.76. The van der Waals surface area contributed by atoms with Crippen LogP contribution in [0.4, 0.5) is 0 Å². The molecule has 3 nitrogen and oxygen atoms in total. The van der Waals surface area contributed by atoms with E-state index in [-0.39, 0.29) is 5.78 Å². The summed E-state index contributed by atoms with van der Waals surface area (Å²) in [7, 11) is 2.02. The van der Waals surface area contributed by atoms with Crippen molar-refractivity contribution in [3.05, 3.63) is 23.0 Å². The SMILES string of the molecule is CCCCN(C)CC(=O)c1cc(C)n(C(C)C)c1C. The van der Waals surface area contributed by atoms with Crippen LogP contribution in [0, 0.1) is 13.8 Å². The fourth-order valence-corrected chi connectivity index (χ4v) is 2.69. The van der Waals surface area contributed by atoms with E-state index < -0.39 is 0 Å². The highest BCUT2D eigenvalue weighted by Gasteiger charge is 2.17. The first-order valence-corrected chi connectivity index (χ1v) is 7.28.